The Labute approximate surface area is 77.0 Å². The van der Waals surface area contributed by atoms with Crippen molar-refractivity contribution in [2.45, 2.75) is 18.9 Å². The molecule has 0 amide bonds. The summed E-state index contributed by atoms with van der Waals surface area (Å²) in [7, 11) is 0. The van der Waals surface area contributed by atoms with E-state index in [1.807, 2.05) is 0 Å². The third-order valence-electron chi connectivity index (χ3n) is 2.51. The molecule has 5 heteroatoms. The van der Waals surface area contributed by atoms with Crippen LogP contribution in [0.1, 0.15) is 12.8 Å². The Bertz CT molecular complexity index is 188. The first-order valence-electron chi connectivity index (χ1n) is 4.48. The van der Waals surface area contributed by atoms with Gasteiger partial charge in [-0.15, -0.1) is 0 Å². The Hall–Kier alpha value is -0.840. The van der Waals surface area contributed by atoms with Crippen LogP contribution < -0.4 is 5.73 Å². The van der Waals surface area contributed by atoms with Gasteiger partial charge in [0.1, 0.15) is 0 Å². The van der Waals surface area contributed by atoms with E-state index in [4.69, 9.17) is 11.1 Å². The number of aliphatic hydroxyl groups is 1. The molecule has 2 unspecified atom stereocenters. The van der Waals surface area contributed by atoms with E-state index in [1.54, 1.807) is 4.90 Å². The molecule has 1 saturated heterocycles. The highest BCUT2D eigenvalue weighted by Gasteiger charge is 2.27. The number of hydrogen-bond donors (Lipinski definition) is 3. The van der Waals surface area contributed by atoms with E-state index >= 15 is 0 Å². The monoisotopic (exact) mass is 189 g/mol. The second-order valence-corrected chi connectivity index (χ2v) is 3.43. The molecule has 2 atom stereocenters. The van der Waals surface area contributed by atoms with Gasteiger partial charge in [0.2, 0.25) is 0 Å². The maximum atomic E-state index is 12.1. The molecule has 0 aromatic rings. The molecule has 0 aliphatic carbocycles. The highest BCUT2D eigenvalue weighted by molar-refractivity contribution is 5.74. The number of guanidine groups is 1. The summed E-state index contributed by atoms with van der Waals surface area (Å²) in [5.74, 6) is -0.0709. The summed E-state index contributed by atoms with van der Waals surface area (Å²) < 4.78 is 12.1. The zero-order valence-electron chi connectivity index (χ0n) is 7.54. The number of nitrogens with zero attached hydrogens (tertiary/aromatic N) is 1. The molecule has 1 rings (SSSR count). The molecular weight excluding hydrogens is 173 g/mol. The van der Waals surface area contributed by atoms with Gasteiger partial charge >= 0.3 is 0 Å². The van der Waals surface area contributed by atoms with Gasteiger partial charge in [-0.2, -0.15) is 0 Å². The van der Waals surface area contributed by atoms with Crippen LogP contribution in [0.4, 0.5) is 4.39 Å². The number of likely N-dealkylation sites (tertiary alicyclic amines) is 1. The highest BCUT2D eigenvalue weighted by atomic mass is 19.1. The summed E-state index contributed by atoms with van der Waals surface area (Å²) in [6.45, 7) is 0.674. The third kappa shape index (κ3) is 2.55. The van der Waals surface area contributed by atoms with Gasteiger partial charge in [0.15, 0.2) is 5.96 Å². The molecule has 1 aliphatic heterocycles. The van der Waals surface area contributed by atoms with Gasteiger partial charge in [-0.1, -0.05) is 0 Å². The summed E-state index contributed by atoms with van der Waals surface area (Å²) in [5, 5.41) is 16.7. The average Bonchev–Trinajstić information content (AvgIpc) is 2.08. The van der Waals surface area contributed by atoms with E-state index in [0.29, 0.717) is 25.9 Å². The number of nitrogens with one attached hydrogen (secondary N) is 1. The third-order valence-corrected chi connectivity index (χ3v) is 2.51. The molecule has 4 N–H and O–H groups in total. The maximum absolute atomic E-state index is 12.1. The molecule has 1 heterocycles. The van der Waals surface area contributed by atoms with Crippen molar-refractivity contribution in [1.82, 2.24) is 4.90 Å². The van der Waals surface area contributed by atoms with Crippen LogP contribution in [0.5, 0.6) is 0 Å². The lowest BCUT2D eigenvalue weighted by atomic mass is 9.92. The summed E-state index contributed by atoms with van der Waals surface area (Å²) in [5.41, 5.74) is 5.30. The lowest BCUT2D eigenvalue weighted by Gasteiger charge is -2.36. The molecule has 0 radical (unpaired) electrons. The summed E-state index contributed by atoms with van der Waals surface area (Å²) in [6, 6.07) is 0. The van der Waals surface area contributed by atoms with Crippen LogP contribution in [-0.4, -0.2) is 41.8 Å². The van der Waals surface area contributed by atoms with Crippen LogP contribution in [0.3, 0.4) is 0 Å². The normalized spacial score (nSPS) is 28.9. The van der Waals surface area contributed by atoms with Crippen molar-refractivity contribution in [1.29, 1.82) is 5.41 Å². The van der Waals surface area contributed by atoms with Crippen LogP contribution in [-0.2, 0) is 0 Å². The van der Waals surface area contributed by atoms with Crippen molar-refractivity contribution in [3.05, 3.63) is 0 Å². The number of aliphatic hydroxyl groups excluding tert-OH is 1. The number of halogens is 1. The van der Waals surface area contributed by atoms with E-state index in [9.17, 15) is 9.50 Å². The van der Waals surface area contributed by atoms with Crippen molar-refractivity contribution in [2.24, 2.45) is 11.7 Å². The van der Waals surface area contributed by atoms with Gasteiger partial charge in [-0.25, -0.2) is 0 Å². The minimum absolute atomic E-state index is 0.00996. The first-order chi connectivity index (χ1) is 6.15. The standard InChI is InChI=1S/C8H16FN3O/c9-3-1-6-5-12(8(10)11)4-2-7(6)13/h6-7,13H,1-5H2,(H3,10,11). The second kappa shape index (κ2) is 4.41. The number of rotatable bonds is 2. The Morgan fingerprint density at radius 3 is 2.92 bits per heavy atom. The van der Waals surface area contributed by atoms with Crippen LogP contribution in [0.15, 0.2) is 0 Å². The SMILES string of the molecule is N=C(N)N1CCC(O)C(CCF)C1. The number of piperidine rings is 1. The molecule has 0 bridgehead atoms. The molecule has 4 nitrogen and oxygen atoms in total. The van der Waals surface area contributed by atoms with Gasteiger partial charge < -0.3 is 15.7 Å². The first-order valence-corrected chi connectivity index (χ1v) is 4.48. The largest absolute Gasteiger partial charge is 0.393 e. The average molecular weight is 189 g/mol. The smallest absolute Gasteiger partial charge is 0.188 e. The van der Waals surface area contributed by atoms with Crippen LogP contribution >= 0.6 is 0 Å². The minimum Gasteiger partial charge on any atom is -0.393 e. The van der Waals surface area contributed by atoms with Gasteiger partial charge in [-0.3, -0.25) is 9.80 Å². The lowest BCUT2D eigenvalue weighted by molar-refractivity contribution is 0.0419. The Balaban J connectivity index is 2.47. The van der Waals surface area contributed by atoms with Crippen molar-refractivity contribution >= 4 is 5.96 Å². The molecule has 0 spiro atoms. The Morgan fingerprint density at radius 1 is 1.69 bits per heavy atom. The first kappa shape index (κ1) is 10.2. The van der Waals surface area contributed by atoms with Gasteiger partial charge in [0, 0.05) is 19.0 Å². The van der Waals surface area contributed by atoms with E-state index in [-0.39, 0.29) is 11.9 Å². The van der Waals surface area contributed by atoms with Gasteiger partial charge in [0.05, 0.1) is 12.8 Å². The quantitative estimate of drug-likeness (QED) is 0.420. The summed E-state index contributed by atoms with van der Waals surface area (Å²) in [4.78, 5) is 1.67. The number of hydrogen-bond acceptors (Lipinski definition) is 2. The predicted molar refractivity (Wildman–Crippen MR) is 48.2 cm³/mol. The van der Waals surface area contributed by atoms with E-state index < -0.39 is 12.8 Å². The van der Waals surface area contributed by atoms with E-state index in [0.717, 1.165) is 0 Å². The molecule has 0 aromatic heterocycles. The molecule has 0 saturated carbocycles. The fourth-order valence-corrected chi connectivity index (χ4v) is 1.66. The van der Waals surface area contributed by atoms with Gasteiger partial charge in [-0.05, 0) is 12.8 Å². The van der Waals surface area contributed by atoms with Crippen molar-refractivity contribution in [2.75, 3.05) is 19.8 Å². The highest BCUT2D eigenvalue weighted by Crippen LogP contribution is 2.19. The van der Waals surface area contributed by atoms with Crippen LogP contribution in [0.2, 0.25) is 0 Å². The molecule has 1 fully saturated rings. The second-order valence-electron chi connectivity index (χ2n) is 3.43. The summed E-state index contributed by atoms with van der Waals surface area (Å²) >= 11 is 0. The fraction of sp³-hybridized carbons (Fsp3) is 0.875. The van der Waals surface area contributed by atoms with E-state index in [2.05, 4.69) is 0 Å². The summed E-state index contributed by atoms with van der Waals surface area (Å²) in [6.07, 6.45) is 0.487. The van der Waals surface area contributed by atoms with Gasteiger partial charge in [0.25, 0.3) is 0 Å². The molecule has 13 heavy (non-hydrogen) atoms. The Kier molecular flexibility index (Phi) is 3.48. The van der Waals surface area contributed by atoms with Crippen LogP contribution in [0, 0.1) is 11.3 Å². The Morgan fingerprint density at radius 2 is 2.38 bits per heavy atom. The van der Waals surface area contributed by atoms with Crippen molar-refractivity contribution in [3.63, 3.8) is 0 Å². The molecule has 0 aromatic carbocycles. The number of nitrogens with two attached hydrogens (primary N) is 1. The predicted octanol–water partition coefficient (Wildman–Crippen LogP) is -0.0777. The molecule has 1 aliphatic rings. The minimum atomic E-state index is -0.439. The number of alkyl halides is 1. The fourth-order valence-electron chi connectivity index (χ4n) is 1.66. The zero-order chi connectivity index (χ0) is 9.84. The lowest BCUT2D eigenvalue weighted by Crippen LogP contribution is -2.48. The maximum Gasteiger partial charge on any atom is 0.188 e. The van der Waals surface area contributed by atoms with E-state index in [1.165, 1.54) is 0 Å². The topological polar surface area (TPSA) is 73.3 Å². The van der Waals surface area contributed by atoms with Crippen molar-refractivity contribution < 1.29 is 9.50 Å². The van der Waals surface area contributed by atoms with Crippen LogP contribution in [0.25, 0.3) is 0 Å². The zero-order valence-corrected chi connectivity index (χ0v) is 7.54. The molecular formula is C8H16FN3O. The molecule has 76 valence electrons. The van der Waals surface area contributed by atoms with Crippen molar-refractivity contribution in [3.8, 4) is 0 Å².